The van der Waals surface area contributed by atoms with Crippen LogP contribution in [0.4, 0.5) is 0 Å². The monoisotopic (exact) mass is 444 g/mol. The molecule has 3 heterocycles. The van der Waals surface area contributed by atoms with Gasteiger partial charge in [-0.2, -0.15) is 5.10 Å². The molecule has 1 aliphatic rings. The largest absolute Gasteiger partial charge is 0.464 e. The van der Waals surface area contributed by atoms with Gasteiger partial charge in [0.1, 0.15) is 5.69 Å². The predicted molar refractivity (Wildman–Crippen MR) is 122 cm³/mol. The number of nitrogens with zero attached hydrogens (tertiary/aromatic N) is 3. The number of rotatable bonds is 7. The normalized spacial score (nSPS) is 13.6. The van der Waals surface area contributed by atoms with Gasteiger partial charge in [-0.25, -0.2) is 4.79 Å². The lowest BCUT2D eigenvalue weighted by molar-refractivity contribution is 0.0589. The molecule has 31 heavy (non-hydrogen) atoms. The van der Waals surface area contributed by atoms with Crippen LogP contribution in [0.3, 0.4) is 0 Å². The van der Waals surface area contributed by atoms with Crippen LogP contribution in [0.15, 0.2) is 12.1 Å². The molecule has 4 rings (SSSR count). The number of methoxy groups -OCH3 is 1. The molecule has 8 heteroatoms. The fourth-order valence-corrected chi connectivity index (χ4v) is 5.08. The van der Waals surface area contributed by atoms with E-state index in [1.165, 1.54) is 12.8 Å². The number of benzene rings is 1. The topological polar surface area (TPSA) is 81.3 Å². The number of aliphatic hydroxyl groups excluding tert-OH is 1. The summed E-state index contributed by atoms with van der Waals surface area (Å²) in [5.41, 5.74) is 6.43. The molecule has 7 nitrogen and oxygen atoms in total. The number of halogens is 1. The molecule has 1 aromatic carbocycles. The summed E-state index contributed by atoms with van der Waals surface area (Å²) in [6.07, 6.45) is 4.33. The first-order chi connectivity index (χ1) is 15.0. The van der Waals surface area contributed by atoms with Crippen molar-refractivity contribution in [3.05, 3.63) is 39.8 Å². The average Bonchev–Trinajstić information content (AvgIpc) is 3.27. The van der Waals surface area contributed by atoms with Crippen LogP contribution >= 0.6 is 11.6 Å². The van der Waals surface area contributed by atoms with Crippen molar-refractivity contribution >= 4 is 28.5 Å². The van der Waals surface area contributed by atoms with Gasteiger partial charge in [0, 0.05) is 49.0 Å². The zero-order valence-electron chi connectivity index (χ0n) is 18.3. The Morgan fingerprint density at radius 1 is 1.32 bits per heavy atom. The SMILES string of the molecule is CNCc1nn2c(c1-c1c(Cl)ccc3c(CCCO)c(C(=O)OC)n(C)c13)CCCC2. The first-order valence-corrected chi connectivity index (χ1v) is 11.1. The van der Waals surface area contributed by atoms with E-state index in [1.807, 2.05) is 30.8 Å². The predicted octanol–water partition coefficient (Wildman–Crippen LogP) is 3.46. The number of fused-ring (bicyclic) bond motifs is 2. The van der Waals surface area contributed by atoms with Gasteiger partial charge < -0.3 is 19.7 Å². The molecule has 0 spiro atoms. The summed E-state index contributed by atoms with van der Waals surface area (Å²) >= 11 is 6.83. The maximum absolute atomic E-state index is 12.7. The number of aryl methyl sites for hydroxylation is 3. The maximum Gasteiger partial charge on any atom is 0.354 e. The summed E-state index contributed by atoms with van der Waals surface area (Å²) in [6, 6.07) is 3.87. The lowest BCUT2D eigenvalue weighted by Crippen LogP contribution is -2.12. The molecule has 0 atom stereocenters. The number of carbonyl (C=O) groups excluding carboxylic acids is 1. The van der Waals surface area contributed by atoms with E-state index >= 15 is 0 Å². The average molecular weight is 445 g/mol. The molecule has 2 N–H and O–H groups in total. The van der Waals surface area contributed by atoms with Crippen molar-refractivity contribution in [2.75, 3.05) is 20.8 Å². The van der Waals surface area contributed by atoms with Gasteiger partial charge in [-0.15, -0.1) is 0 Å². The first kappa shape index (κ1) is 21.9. The molecule has 0 saturated carbocycles. The summed E-state index contributed by atoms with van der Waals surface area (Å²) < 4.78 is 9.10. The number of hydrogen-bond acceptors (Lipinski definition) is 5. The standard InChI is InChI=1S/C23H29ClN4O3/c1-25-13-17-20(18-8-4-5-11-28(18)26-17)19-16(24)10-9-15-14(7-6-12-29)22(23(30)31-3)27(2)21(15)19/h9-10,25,29H,4-8,11-13H2,1-3H3. The van der Waals surface area contributed by atoms with Gasteiger partial charge in [0.05, 0.1) is 23.3 Å². The highest BCUT2D eigenvalue weighted by Crippen LogP contribution is 2.43. The molecule has 0 fully saturated rings. The summed E-state index contributed by atoms with van der Waals surface area (Å²) in [7, 11) is 5.18. The van der Waals surface area contributed by atoms with Gasteiger partial charge in [0.25, 0.3) is 0 Å². The third-order valence-corrected chi connectivity index (χ3v) is 6.45. The third-order valence-electron chi connectivity index (χ3n) is 6.13. The Kier molecular flexibility index (Phi) is 6.36. The lowest BCUT2D eigenvalue weighted by atomic mass is 9.95. The molecule has 0 amide bonds. The van der Waals surface area contributed by atoms with E-state index in [9.17, 15) is 9.90 Å². The van der Waals surface area contributed by atoms with Crippen molar-refractivity contribution in [1.29, 1.82) is 0 Å². The molecule has 3 aromatic rings. The van der Waals surface area contributed by atoms with Crippen molar-refractivity contribution in [1.82, 2.24) is 19.7 Å². The van der Waals surface area contributed by atoms with Crippen LogP contribution < -0.4 is 5.32 Å². The summed E-state index contributed by atoms with van der Waals surface area (Å²) in [5, 5.41) is 19.1. The fraction of sp³-hybridized carbons (Fsp3) is 0.478. The minimum absolute atomic E-state index is 0.0562. The van der Waals surface area contributed by atoms with Gasteiger partial charge in [-0.1, -0.05) is 17.7 Å². The number of esters is 1. The Bertz CT molecular complexity index is 1130. The highest BCUT2D eigenvalue weighted by molar-refractivity contribution is 6.35. The maximum atomic E-state index is 12.7. The molecule has 0 bridgehead atoms. The van der Waals surface area contributed by atoms with Crippen molar-refractivity contribution in [3.63, 3.8) is 0 Å². The van der Waals surface area contributed by atoms with E-state index in [0.29, 0.717) is 30.1 Å². The Hall–Kier alpha value is -2.35. The molecule has 0 saturated heterocycles. The summed E-state index contributed by atoms with van der Waals surface area (Å²) in [6.45, 7) is 1.59. The van der Waals surface area contributed by atoms with Gasteiger partial charge in [0.2, 0.25) is 0 Å². The minimum atomic E-state index is -0.388. The minimum Gasteiger partial charge on any atom is -0.464 e. The molecule has 2 aromatic heterocycles. The summed E-state index contributed by atoms with van der Waals surface area (Å²) in [5.74, 6) is -0.388. The van der Waals surface area contributed by atoms with Crippen molar-refractivity contribution in [3.8, 4) is 11.1 Å². The van der Waals surface area contributed by atoms with E-state index < -0.39 is 0 Å². The smallest absolute Gasteiger partial charge is 0.354 e. The van der Waals surface area contributed by atoms with E-state index in [0.717, 1.165) is 59.1 Å². The molecule has 0 unspecified atom stereocenters. The van der Waals surface area contributed by atoms with Crippen molar-refractivity contribution in [2.45, 2.75) is 45.2 Å². The van der Waals surface area contributed by atoms with Crippen LogP contribution in [0.1, 0.15) is 46.7 Å². The van der Waals surface area contributed by atoms with Crippen LogP contribution in [-0.2, 0) is 37.7 Å². The number of aliphatic hydroxyl groups is 1. The van der Waals surface area contributed by atoms with Crippen LogP contribution in [-0.4, -0.2) is 46.2 Å². The molecule has 0 radical (unpaired) electrons. The number of ether oxygens (including phenoxy) is 1. The van der Waals surface area contributed by atoms with Gasteiger partial charge >= 0.3 is 5.97 Å². The number of nitrogens with one attached hydrogen (secondary N) is 1. The molecular formula is C23H29ClN4O3. The van der Waals surface area contributed by atoms with Gasteiger partial charge in [-0.05, 0) is 50.8 Å². The highest BCUT2D eigenvalue weighted by Gasteiger charge is 2.29. The van der Waals surface area contributed by atoms with Gasteiger partial charge in [0.15, 0.2) is 0 Å². The van der Waals surface area contributed by atoms with Crippen LogP contribution in [0.2, 0.25) is 5.02 Å². The molecule has 1 aliphatic heterocycles. The third kappa shape index (κ3) is 3.64. The highest BCUT2D eigenvalue weighted by atomic mass is 35.5. The van der Waals surface area contributed by atoms with Crippen molar-refractivity contribution in [2.24, 2.45) is 7.05 Å². The second-order valence-corrected chi connectivity index (χ2v) is 8.41. The Morgan fingerprint density at radius 2 is 2.13 bits per heavy atom. The van der Waals surface area contributed by atoms with Crippen LogP contribution in [0, 0.1) is 0 Å². The Balaban J connectivity index is 2.07. The van der Waals surface area contributed by atoms with E-state index in [1.54, 1.807) is 0 Å². The second kappa shape index (κ2) is 9.02. The zero-order valence-corrected chi connectivity index (χ0v) is 19.1. The zero-order chi connectivity index (χ0) is 22.1. The molecule has 0 aliphatic carbocycles. The van der Waals surface area contributed by atoms with E-state index in [4.69, 9.17) is 21.4 Å². The van der Waals surface area contributed by atoms with Crippen LogP contribution in [0.5, 0.6) is 0 Å². The quantitative estimate of drug-likeness (QED) is 0.545. The summed E-state index contributed by atoms with van der Waals surface area (Å²) in [4.78, 5) is 12.7. The first-order valence-electron chi connectivity index (χ1n) is 10.8. The number of aromatic nitrogens is 3. The van der Waals surface area contributed by atoms with E-state index in [-0.39, 0.29) is 12.6 Å². The number of hydrogen-bond donors (Lipinski definition) is 2. The molecule has 166 valence electrons. The molecular weight excluding hydrogens is 416 g/mol. The Morgan fingerprint density at radius 3 is 2.84 bits per heavy atom. The lowest BCUT2D eigenvalue weighted by Gasteiger charge is -2.16. The van der Waals surface area contributed by atoms with Crippen molar-refractivity contribution < 1.29 is 14.6 Å². The Labute approximate surface area is 186 Å². The van der Waals surface area contributed by atoms with E-state index in [2.05, 4.69) is 10.00 Å². The fourth-order valence-electron chi connectivity index (χ4n) is 4.83. The van der Waals surface area contributed by atoms with Crippen LogP contribution in [0.25, 0.3) is 22.0 Å². The second-order valence-electron chi connectivity index (χ2n) is 8.00. The van der Waals surface area contributed by atoms with Gasteiger partial charge in [-0.3, -0.25) is 4.68 Å². The number of carbonyl (C=O) groups is 1.